The second-order valence-corrected chi connectivity index (χ2v) is 4.52. The Morgan fingerprint density at radius 2 is 2.00 bits per heavy atom. The molecule has 0 radical (unpaired) electrons. The molecule has 0 amide bonds. The summed E-state index contributed by atoms with van der Waals surface area (Å²) >= 11 is 0. The zero-order valence-corrected chi connectivity index (χ0v) is 8.42. The Kier molecular flexibility index (Phi) is 2.29. The van der Waals surface area contributed by atoms with Gasteiger partial charge in [0.15, 0.2) is 0 Å². The van der Waals surface area contributed by atoms with Crippen LogP contribution in [0.3, 0.4) is 0 Å². The third kappa shape index (κ3) is 1.26. The summed E-state index contributed by atoms with van der Waals surface area (Å²) < 4.78 is 0. The first-order chi connectivity index (χ1) is 6.29. The number of hydrogen-bond donors (Lipinski definition) is 0. The molecule has 0 aromatic carbocycles. The van der Waals surface area contributed by atoms with Gasteiger partial charge in [0.2, 0.25) is 0 Å². The first kappa shape index (κ1) is 9.02. The molecule has 0 N–H and O–H groups in total. The third-order valence-electron chi connectivity index (χ3n) is 3.87. The Hall–Kier alpha value is -0.550. The van der Waals surface area contributed by atoms with E-state index >= 15 is 0 Å². The molecule has 2 heteroatoms. The highest BCUT2D eigenvalue weighted by molar-refractivity contribution is 5.14. The Morgan fingerprint density at radius 1 is 1.31 bits per heavy atom. The first-order valence-electron chi connectivity index (χ1n) is 5.46. The minimum absolute atomic E-state index is 0.0868. The number of nitrogens with zero attached hydrogens (tertiary/aromatic N) is 2. The topological polar surface area (TPSA) is 27.0 Å². The maximum absolute atomic E-state index is 9.36. The van der Waals surface area contributed by atoms with Crippen LogP contribution in [0.5, 0.6) is 0 Å². The highest BCUT2D eigenvalue weighted by Crippen LogP contribution is 2.41. The lowest BCUT2D eigenvalue weighted by Crippen LogP contribution is -2.48. The molecule has 0 spiro atoms. The van der Waals surface area contributed by atoms with Crippen LogP contribution >= 0.6 is 0 Å². The Bertz CT molecular complexity index is 225. The summed E-state index contributed by atoms with van der Waals surface area (Å²) in [6.45, 7) is 4.55. The molecule has 1 saturated carbocycles. The molecule has 1 saturated heterocycles. The Balaban J connectivity index is 2.19. The number of nitriles is 1. The van der Waals surface area contributed by atoms with Gasteiger partial charge >= 0.3 is 0 Å². The van der Waals surface area contributed by atoms with E-state index in [-0.39, 0.29) is 5.54 Å². The van der Waals surface area contributed by atoms with Gasteiger partial charge in [-0.05, 0) is 44.7 Å². The molecule has 0 bridgehead atoms. The van der Waals surface area contributed by atoms with Crippen LogP contribution in [0, 0.1) is 17.2 Å². The van der Waals surface area contributed by atoms with E-state index in [0.29, 0.717) is 5.92 Å². The molecule has 1 heterocycles. The predicted octanol–water partition coefficient (Wildman–Crippen LogP) is 2.16. The van der Waals surface area contributed by atoms with E-state index in [0.717, 1.165) is 19.5 Å². The molecule has 2 fully saturated rings. The third-order valence-corrected chi connectivity index (χ3v) is 3.87. The van der Waals surface area contributed by atoms with E-state index in [2.05, 4.69) is 17.9 Å². The molecule has 72 valence electrons. The van der Waals surface area contributed by atoms with Gasteiger partial charge in [-0.1, -0.05) is 13.3 Å². The van der Waals surface area contributed by atoms with Crippen LogP contribution < -0.4 is 0 Å². The largest absolute Gasteiger partial charge is 0.285 e. The Labute approximate surface area is 80.5 Å². The lowest BCUT2D eigenvalue weighted by Gasteiger charge is -2.36. The van der Waals surface area contributed by atoms with Gasteiger partial charge in [-0.2, -0.15) is 5.26 Å². The van der Waals surface area contributed by atoms with Crippen LogP contribution in [0.1, 0.15) is 39.0 Å². The molecule has 2 nitrogen and oxygen atoms in total. The second-order valence-electron chi connectivity index (χ2n) is 4.52. The Morgan fingerprint density at radius 3 is 2.46 bits per heavy atom. The maximum atomic E-state index is 9.36. The van der Waals surface area contributed by atoms with Crippen molar-refractivity contribution >= 4 is 0 Å². The van der Waals surface area contributed by atoms with E-state index in [9.17, 15) is 5.26 Å². The first-order valence-corrected chi connectivity index (χ1v) is 5.46. The van der Waals surface area contributed by atoms with E-state index in [1.165, 1.54) is 25.7 Å². The van der Waals surface area contributed by atoms with Crippen molar-refractivity contribution in [3.63, 3.8) is 0 Å². The van der Waals surface area contributed by atoms with Gasteiger partial charge in [0.05, 0.1) is 6.07 Å². The highest BCUT2D eigenvalue weighted by Gasteiger charge is 2.46. The van der Waals surface area contributed by atoms with Crippen LogP contribution in [0.15, 0.2) is 0 Å². The van der Waals surface area contributed by atoms with Gasteiger partial charge < -0.3 is 0 Å². The minimum Gasteiger partial charge on any atom is -0.285 e. The molecule has 13 heavy (non-hydrogen) atoms. The fourth-order valence-electron chi connectivity index (χ4n) is 2.99. The molecule has 0 aromatic heterocycles. The SMILES string of the molecule is CC1CCCC1(C#N)N1CCCC1. The van der Waals surface area contributed by atoms with Crippen molar-refractivity contribution in [2.75, 3.05) is 13.1 Å². The molecule has 0 aromatic rings. The van der Waals surface area contributed by atoms with Gasteiger partial charge in [0.25, 0.3) is 0 Å². The van der Waals surface area contributed by atoms with Crippen molar-refractivity contribution in [3.8, 4) is 6.07 Å². The molecule has 2 atom stereocenters. The van der Waals surface area contributed by atoms with E-state index in [4.69, 9.17) is 0 Å². The van der Waals surface area contributed by atoms with Crippen LogP contribution in [-0.4, -0.2) is 23.5 Å². The van der Waals surface area contributed by atoms with Crippen molar-refractivity contribution in [3.05, 3.63) is 0 Å². The van der Waals surface area contributed by atoms with E-state index in [1.54, 1.807) is 0 Å². The number of rotatable bonds is 1. The van der Waals surface area contributed by atoms with Crippen molar-refractivity contribution < 1.29 is 0 Å². The maximum Gasteiger partial charge on any atom is 0.111 e. The molecule has 1 aliphatic heterocycles. The van der Waals surface area contributed by atoms with Crippen LogP contribution in [0.25, 0.3) is 0 Å². The van der Waals surface area contributed by atoms with Gasteiger partial charge in [-0.25, -0.2) is 0 Å². The molecular weight excluding hydrogens is 160 g/mol. The summed E-state index contributed by atoms with van der Waals surface area (Å²) in [4.78, 5) is 2.44. The van der Waals surface area contributed by atoms with Crippen molar-refractivity contribution in [1.82, 2.24) is 4.90 Å². The smallest absolute Gasteiger partial charge is 0.111 e. The average Bonchev–Trinajstić information content (AvgIpc) is 2.73. The second kappa shape index (κ2) is 3.31. The van der Waals surface area contributed by atoms with E-state index in [1.807, 2.05) is 0 Å². The van der Waals surface area contributed by atoms with Crippen molar-refractivity contribution in [1.29, 1.82) is 5.26 Å². The van der Waals surface area contributed by atoms with Gasteiger partial charge in [-0.3, -0.25) is 4.90 Å². The molecule has 1 aliphatic carbocycles. The van der Waals surface area contributed by atoms with Crippen molar-refractivity contribution in [2.45, 2.75) is 44.6 Å². The number of likely N-dealkylation sites (tertiary alicyclic amines) is 1. The van der Waals surface area contributed by atoms with Gasteiger partial charge in [0.1, 0.15) is 5.54 Å². The van der Waals surface area contributed by atoms with Crippen LogP contribution in [0.2, 0.25) is 0 Å². The predicted molar refractivity (Wildman–Crippen MR) is 52.2 cm³/mol. The standard InChI is InChI=1S/C11H18N2/c1-10-5-4-6-11(10,9-12)13-7-2-3-8-13/h10H,2-8H2,1H3. The monoisotopic (exact) mass is 178 g/mol. The fraction of sp³-hybridized carbons (Fsp3) is 0.909. The summed E-state index contributed by atoms with van der Waals surface area (Å²) in [5.41, 5.74) is -0.0868. The average molecular weight is 178 g/mol. The van der Waals surface area contributed by atoms with Crippen LogP contribution in [-0.2, 0) is 0 Å². The fourth-order valence-corrected chi connectivity index (χ4v) is 2.99. The van der Waals surface area contributed by atoms with E-state index < -0.39 is 0 Å². The summed E-state index contributed by atoms with van der Waals surface area (Å²) in [7, 11) is 0. The lowest BCUT2D eigenvalue weighted by atomic mass is 9.88. The summed E-state index contributed by atoms with van der Waals surface area (Å²) in [5.74, 6) is 0.579. The molecule has 2 aliphatic rings. The lowest BCUT2D eigenvalue weighted by molar-refractivity contribution is 0.137. The minimum atomic E-state index is -0.0868. The highest BCUT2D eigenvalue weighted by atomic mass is 15.2. The molecule has 2 rings (SSSR count). The quantitative estimate of drug-likeness (QED) is 0.615. The van der Waals surface area contributed by atoms with Gasteiger partial charge in [-0.15, -0.1) is 0 Å². The summed E-state index contributed by atoms with van der Waals surface area (Å²) in [5, 5.41) is 9.36. The van der Waals surface area contributed by atoms with Crippen LogP contribution in [0.4, 0.5) is 0 Å². The number of hydrogen-bond acceptors (Lipinski definition) is 2. The van der Waals surface area contributed by atoms with Gasteiger partial charge in [0, 0.05) is 0 Å². The summed E-state index contributed by atoms with van der Waals surface area (Å²) in [6, 6.07) is 2.60. The zero-order chi connectivity index (χ0) is 9.31. The normalized spacial score (nSPS) is 40.8. The zero-order valence-electron chi connectivity index (χ0n) is 8.42. The van der Waals surface area contributed by atoms with Crippen molar-refractivity contribution in [2.24, 2.45) is 5.92 Å². The summed E-state index contributed by atoms with van der Waals surface area (Å²) in [6.07, 6.45) is 6.16. The molecular formula is C11H18N2. The molecule has 2 unspecified atom stereocenters.